The molecule has 0 saturated heterocycles. The summed E-state index contributed by atoms with van der Waals surface area (Å²) in [6, 6.07) is 16.4. The maximum Gasteiger partial charge on any atom is 0.125 e. The number of anilines is 2. The van der Waals surface area contributed by atoms with Crippen molar-refractivity contribution in [2.75, 3.05) is 17.2 Å². The Morgan fingerprint density at radius 3 is 2.60 bits per heavy atom. The van der Waals surface area contributed by atoms with Gasteiger partial charge in [0.15, 0.2) is 0 Å². The average molecular weight is 330 g/mol. The van der Waals surface area contributed by atoms with Crippen LogP contribution < -0.4 is 10.6 Å². The Labute approximate surface area is 148 Å². The number of pyridine rings is 2. The zero-order chi connectivity index (χ0) is 17.5. The van der Waals surface area contributed by atoms with Gasteiger partial charge in [-0.15, -0.1) is 0 Å². The second kappa shape index (κ2) is 8.11. The van der Waals surface area contributed by atoms with Gasteiger partial charge in [-0.3, -0.25) is 4.98 Å². The highest BCUT2D eigenvalue weighted by molar-refractivity contribution is 5.68. The zero-order valence-corrected chi connectivity index (χ0v) is 14.4. The summed E-state index contributed by atoms with van der Waals surface area (Å²) < 4.78 is 0. The lowest BCUT2D eigenvalue weighted by atomic mass is 10.1. The van der Waals surface area contributed by atoms with Crippen molar-refractivity contribution in [1.82, 2.24) is 9.97 Å². The fourth-order valence-corrected chi connectivity index (χ4v) is 2.58. The third-order valence-corrected chi connectivity index (χ3v) is 3.79. The van der Waals surface area contributed by atoms with Gasteiger partial charge in [0.1, 0.15) is 5.82 Å². The molecule has 2 heterocycles. The Morgan fingerprint density at radius 2 is 1.88 bits per heavy atom. The summed E-state index contributed by atoms with van der Waals surface area (Å²) >= 11 is 0. The van der Waals surface area contributed by atoms with E-state index in [1.807, 2.05) is 55.8 Å². The molecule has 0 fully saturated rings. The van der Waals surface area contributed by atoms with E-state index in [9.17, 15) is 0 Å². The number of benzene rings is 1. The molecular formula is C21H22N4. The number of hydrogen-bond donors (Lipinski definition) is 2. The lowest BCUT2D eigenvalue weighted by Gasteiger charge is -2.09. The first-order chi connectivity index (χ1) is 12.2. The van der Waals surface area contributed by atoms with E-state index < -0.39 is 0 Å². The molecule has 2 aromatic heterocycles. The first-order valence-electron chi connectivity index (χ1n) is 8.32. The van der Waals surface area contributed by atoms with E-state index in [0.717, 1.165) is 41.3 Å². The van der Waals surface area contributed by atoms with Crippen LogP contribution in [0.25, 0.3) is 11.1 Å². The first kappa shape index (κ1) is 16.7. The van der Waals surface area contributed by atoms with E-state index in [-0.39, 0.29) is 0 Å². The van der Waals surface area contributed by atoms with Crippen LogP contribution in [0.5, 0.6) is 0 Å². The van der Waals surface area contributed by atoms with Gasteiger partial charge in [-0.1, -0.05) is 18.7 Å². The minimum Gasteiger partial charge on any atom is -0.370 e. The molecule has 3 aromatic rings. The third-order valence-electron chi connectivity index (χ3n) is 3.79. The van der Waals surface area contributed by atoms with Gasteiger partial charge in [0, 0.05) is 42.1 Å². The molecule has 0 amide bonds. The topological polar surface area (TPSA) is 49.8 Å². The standard InChI is InChI=1S/C21H22N4/c1-16(2)25-20-5-3-4-18(14-20)19-6-7-21(24-15-19)23-13-10-17-8-11-22-12-9-17/h3-9,11-12,14-15,25H,1,10,13H2,2H3,(H,23,24). The van der Waals surface area contributed by atoms with Crippen molar-refractivity contribution in [3.63, 3.8) is 0 Å². The summed E-state index contributed by atoms with van der Waals surface area (Å²) in [4.78, 5) is 8.55. The fourth-order valence-electron chi connectivity index (χ4n) is 2.58. The summed E-state index contributed by atoms with van der Waals surface area (Å²) in [5, 5.41) is 6.59. The molecule has 0 radical (unpaired) electrons. The SMILES string of the molecule is C=C(C)Nc1cccc(-c2ccc(NCCc3ccncc3)nc2)c1. The van der Waals surface area contributed by atoms with Crippen LogP contribution in [-0.2, 0) is 6.42 Å². The van der Waals surface area contributed by atoms with Crippen LogP contribution in [0.4, 0.5) is 11.5 Å². The zero-order valence-electron chi connectivity index (χ0n) is 14.4. The number of rotatable bonds is 7. The second-order valence-corrected chi connectivity index (χ2v) is 5.95. The molecular weight excluding hydrogens is 308 g/mol. The lowest BCUT2D eigenvalue weighted by Crippen LogP contribution is -2.06. The molecule has 4 heteroatoms. The van der Waals surface area contributed by atoms with E-state index in [0.29, 0.717) is 0 Å². The minimum atomic E-state index is 0.842. The number of hydrogen-bond acceptors (Lipinski definition) is 4. The monoisotopic (exact) mass is 330 g/mol. The van der Waals surface area contributed by atoms with Crippen LogP contribution in [-0.4, -0.2) is 16.5 Å². The largest absolute Gasteiger partial charge is 0.370 e. The number of nitrogens with zero attached hydrogens (tertiary/aromatic N) is 2. The van der Waals surface area contributed by atoms with Gasteiger partial charge in [0.25, 0.3) is 0 Å². The van der Waals surface area contributed by atoms with Gasteiger partial charge < -0.3 is 10.6 Å². The van der Waals surface area contributed by atoms with Crippen LogP contribution in [0.1, 0.15) is 12.5 Å². The molecule has 0 saturated carbocycles. The van der Waals surface area contributed by atoms with E-state index in [2.05, 4.69) is 45.4 Å². The predicted molar refractivity (Wildman–Crippen MR) is 105 cm³/mol. The maximum atomic E-state index is 4.52. The van der Waals surface area contributed by atoms with Gasteiger partial charge in [0.05, 0.1) is 0 Å². The van der Waals surface area contributed by atoms with E-state index in [4.69, 9.17) is 0 Å². The predicted octanol–water partition coefficient (Wildman–Crippen LogP) is 4.74. The Kier molecular flexibility index (Phi) is 5.42. The molecule has 0 aliphatic rings. The summed E-state index contributed by atoms with van der Waals surface area (Å²) in [5.41, 5.74) is 5.43. The quantitative estimate of drug-likeness (QED) is 0.657. The number of nitrogens with one attached hydrogen (secondary N) is 2. The molecule has 3 rings (SSSR count). The minimum absolute atomic E-state index is 0.842. The van der Waals surface area contributed by atoms with Crippen molar-refractivity contribution < 1.29 is 0 Å². The smallest absolute Gasteiger partial charge is 0.125 e. The van der Waals surface area contributed by atoms with Gasteiger partial charge in [-0.05, 0) is 60.9 Å². The molecule has 25 heavy (non-hydrogen) atoms. The van der Waals surface area contributed by atoms with Crippen LogP contribution >= 0.6 is 0 Å². The summed E-state index contributed by atoms with van der Waals surface area (Å²) in [6.45, 7) is 6.67. The molecule has 0 atom stereocenters. The third kappa shape index (κ3) is 4.91. The molecule has 2 N–H and O–H groups in total. The molecule has 0 aliphatic heterocycles. The van der Waals surface area contributed by atoms with Crippen molar-refractivity contribution >= 4 is 11.5 Å². The highest BCUT2D eigenvalue weighted by atomic mass is 15.0. The fraction of sp³-hybridized carbons (Fsp3) is 0.143. The normalized spacial score (nSPS) is 10.3. The molecule has 0 aliphatic carbocycles. The Bertz CT molecular complexity index is 826. The van der Waals surface area contributed by atoms with Gasteiger partial charge in [0.2, 0.25) is 0 Å². The first-order valence-corrected chi connectivity index (χ1v) is 8.32. The molecule has 0 unspecified atom stereocenters. The van der Waals surface area contributed by atoms with E-state index in [1.165, 1.54) is 5.56 Å². The average Bonchev–Trinajstić information content (AvgIpc) is 2.63. The Hall–Kier alpha value is -3.14. The highest BCUT2D eigenvalue weighted by Crippen LogP contribution is 2.23. The van der Waals surface area contributed by atoms with Crippen molar-refractivity contribution in [2.45, 2.75) is 13.3 Å². The van der Waals surface area contributed by atoms with Crippen LogP contribution in [0, 0.1) is 0 Å². The summed E-state index contributed by atoms with van der Waals surface area (Å²) in [5.74, 6) is 0.883. The Morgan fingerprint density at radius 1 is 1.04 bits per heavy atom. The van der Waals surface area contributed by atoms with E-state index >= 15 is 0 Å². The van der Waals surface area contributed by atoms with Gasteiger partial charge >= 0.3 is 0 Å². The second-order valence-electron chi connectivity index (χ2n) is 5.95. The summed E-state index contributed by atoms with van der Waals surface area (Å²) in [7, 11) is 0. The molecule has 0 bridgehead atoms. The summed E-state index contributed by atoms with van der Waals surface area (Å²) in [6.07, 6.45) is 6.48. The van der Waals surface area contributed by atoms with Gasteiger partial charge in [-0.2, -0.15) is 0 Å². The molecule has 4 nitrogen and oxygen atoms in total. The van der Waals surface area contributed by atoms with E-state index in [1.54, 1.807) is 0 Å². The lowest BCUT2D eigenvalue weighted by molar-refractivity contribution is 1.00. The van der Waals surface area contributed by atoms with Crippen LogP contribution in [0.3, 0.4) is 0 Å². The van der Waals surface area contributed by atoms with Crippen molar-refractivity contribution in [1.29, 1.82) is 0 Å². The number of allylic oxidation sites excluding steroid dienone is 1. The van der Waals surface area contributed by atoms with Crippen molar-refractivity contribution in [2.24, 2.45) is 0 Å². The van der Waals surface area contributed by atoms with Crippen molar-refractivity contribution in [3.8, 4) is 11.1 Å². The van der Waals surface area contributed by atoms with Crippen LogP contribution in [0.15, 0.2) is 79.4 Å². The number of aromatic nitrogens is 2. The molecule has 0 spiro atoms. The molecule has 1 aromatic carbocycles. The van der Waals surface area contributed by atoms with Crippen molar-refractivity contribution in [3.05, 3.63) is 85.0 Å². The van der Waals surface area contributed by atoms with Gasteiger partial charge in [-0.25, -0.2) is 4.98 Å². The van der Waals surface area contributed by atoms with Crippen LogP contribution in [0.2, 0.25) is 0 Å². The molecule has 126 valence electrons. The maximum absolute atomic E-state index is 4.52. The highest BCUT2D eigenvalue weighted by Gasteiger charge is 2.01. The Balaban J connectivity index is 1.61.